The van der Waals surface area contributed by atoms with Crippen LogP contribution in [0.25, 0.3) is 0 Å². The van der Waals surface area contributed by atoms with E-state index in [1.807, 2.05) is 3.96 Å². The Morgan fingerprint density at radius 2 is 0.818 bits per heavy atom. The van der Waals surface area contributed by atoms with E-state index < -0.39 is 16.1 Å². The second-order valence-corrected chi connectivity index (χ2v) is 21.0. The fourth-order valence-electron chi connectivity index (χ4n) is 4.95. The van der Waals surface area contributed by atoms with Crippen molar-refractivity contribution in [2.75, 3.05) is 0 Å². The van der Waals surface area contributed by atoms with E-state index in [4.69, 9.17) is 0 Å². The van der Waals surface area contributed by atoms with Gasteiger partial charge < -0.3 is 0 Å². The number of allylic oxidation sites excluding steroid dienone is 4. The summed E-state index contributed by atoms with van der Waals surface area (Å²) < 4.78 is 1.98. The van der Waals surface area contributed by atoms with Crippen LogP contribution in [0, 0.1) is 0 Å². The van der Waals surface area contributed by atoms with Crippen LogP contribution < -0.4 is 0 Å². The summed E-state index contributed by atoms with van der Waals surface area (Å²) >= 11 is -1.83. The van der Waals surface area contributed by atoms with Crippen LogP contribution in [0.5, 0.6) is 0 Å². The zero-order chi connectivity index (χ0) is 23.9. The standard InChI is InChI=1S/3C9H19.C5H5.Pt/c3*1-3-5-7-9-8-6-4-2;1-2-4-5-3-1;/h3*1,3-9H2,2H3;1-3H,4H2;. The molecule has 33 heavy (non-hydrogen) atoms. The quantitative estimate of drug-likeness (QED) is 0.0870. The van der Waals surface area contributed by atoms with Gasteiger partial charge in [-0.15, -0.1) is 0 Å². The first kappa shape index (κ1) is 31.2. The van der Waals surface area contributed by atoms with Crippen molar-refractivity contribution >= 4 is 0 Å². The summed E-state index contributed by atoms with van der Waals surface area (Å²) in [5.74, 6) is 0. The van der Waals surface area contributed by atoms with Crippen molar-refractivity contribution in [2.45, 2.75) is 176 Å². The molecule has 0 unspecified atom stereocenters. The van der Waals surface area contributed by atoms with Crippen molar-refractivity contribution in [1.82, 2.24) is 0 Å². The first-order chi connectivity index (χ1) is 16.3. The van der Waals surface area contributed by atoms with Crippen LogP contribution in [-0.2, 0) is 16.1 Å². The predicted octanol–water partition coefficient (Wildman–Crippen LogP) is 12.5. The van der Waals surface area contributed by atoms with Crippen LogP contribution in [0.4, 0.5) is 0 Å². The first-order valence-electron chi connectivity index (χ1n) is 15.2. The molecule has 0 amide bonds. The van der Waals surface area contributed by atoms with Crippen molar-refractivity contribution < 1.29 is 16.1 Å². The molecule has 0 atom stereocenters. The predicted molar refractivity (Wildman–Crippen MR) is 150 cm³/mol. The van der Waals surface area contributed by atoms with E-state index in [9.17, 15) is 0 Å². The minimum absolute atomic E-state index is 1.32. The van der Waals surface area contributed by atoms with Crippen molar-refractivity contribution in [1.29, 1.82) is 0 Å². The van der Waals surface area contributed by atoms with Crippen molar-refractivity contribution in [3.8, 4) is 0 Å². The molecule has 0 aliphatic heterocycles. The van der Waals surface area contributed by atoms with Gasteiger partial charge in [0.2, 0.25) is 0 Å². The Balaban J connectivity index is 2.56. The molecule has 0 fully saturated rings. The van der Waals surface area contributed by atoms with E-state index in [0.717, 1.165) is 0 Å². The molecule has 0 bridgehead atoms. The Hall–Kier alpha value is 0.168. The molecule has 0 saturated carbocycles. The van der Waals surface area contributed by atoms with Gasteiger partial charge in [-0.1, -0.05) is 0 Å². The van der Waals surface area contributed by atoms with Gasteiger partial charge in [0.05, 0.1) is 0 Å². The maximum absolute atomic E-state index is 2.60. The van der Waals surface area contributed by atoms with Crippen LogP contribution >= 0.6 is 0 Å². The molecular formula is C32H62Pt. The Morgan fingerprint density at radius 1 is 0.485 bits per heavy atom. The van der Waals surface area contributed by atoms with Crippen molar-refractivity contribution in [3.05, 3.63) is 22.2 Å². The third kappa shape index (κ3) is 15.7. The SMILES string of the molecule is CCCCCCCC[CH2][Pt]([CH2]CCCCCCCC)([CH2]CCCCCCCC)[C]1=CC=CC1. The van der Waals surface area contributed by atoms with E-state index in [0.29, 0.717) is 0 Å². The van der Waals surface area contributed by atoms with Crippen LogP contribution in [0.1, 0.15) is 162 Å². The van der Waals surface area contributed by atoms with E-state index in [1.54, 1.807) is 14.4 Å². The number of hydrogen-bond donors (Lipinski definition) is 0. The van der Waals surface area contributed by atoms with Gasteiger partial charge in [-0.25, -0.2) is 0 Å². The van der Waals surface area contributed by atoms with Gasteiger partial charge >= 0.3 is 215 Å². The molecule has 1 heteroatoms. The molecule has 0 saturated heterocycles. The topological polar surface area (TPSA) is 0 Å². The molecule has 200 valence electrons. The van der Waals surface area contributed by atoms with Crippen molar-refractivity contribution in [3.63, 3.8) is 0 Å². The summed E-state index contributed by atoms with van der Waals surface area (Å²) in [4.78, 5) is 4.92. The molecular weight excluding hydrogens is 579 g/mol. The molecule has 1 rings (SSSR count). The van der Waals surface area contributed by atoms with Crippen molar-refractivity contribution in [2.24, 2.45) is 0 Å². The van der Waals surface area contributed by atoms with Gasteiger partial charge in [0.15, 0.2) is 0 Å². The van der Waals surface area contributed by atoms with Crippen LogP contribution in [0.3, 0.4) is 0 Å². The summed E-state index contributed by atoms with van der Waals surface area (Å²) in [5.41, 5.74) is 0. The molecule has 0 aromatic carbocycles. The normalized spacial score (nSPS) is 14.2. The fraction of sp³-hybridized carbons (Fsp3) is 0.875. The average molecular weight is 642 g/mol. The first-order valence-corrected chi connectivity index (χ1v) is 21.1. The summed E-state index contributed by atoms with van der Waals surface area (Å²) in [6.07, 6.45) is 39.6. The van der Waals surface area contributed by atoms with Gasteiger partial charge in [-0.2, -0.15) is 0 Å². The molecule has 0 aromatic rings. The molecule has 0 nitrogen and oxygen atoms in total. The zero-order valence-electron chi connectivity index (χ0n) is 23.2. The summed E-state index contributed by atoms with van der Waals surface area (Å²) in [6.45, 7) is 7.00. The molecule has 0 heterocycles. The number of unbranched alkanes of at least 4 members (excludes halogenated alkanes) is 18. The maximum atomic E-state index is 2.60. The minimum atomic E-state index is -1.83. The summed E-state index contributed by atoms with van der Waals surface area (Å²) in [5, 5.41) is 0. The Labute approximate surface area is 214 Å². The molecule has 1 aliphatic carbocycles. The van der Waals surface area contributed by atoms with Crippen LogP contribution in [0.2, 0.25) is 14.4 Å². The van der Waals surface area contributed by atoms with E-state index >= 15 is 0 Å². The van der Waals surface area contributed by atoms with Gasteiger partial charge in [0, 0.05) is 0 Å². The monoisotopic (exact) mass is 641 g/mol. The van der Waals surface area contributed by atoms with Crippen LogP contribution in [0.15, 0.2) is 22.2 Å². The van der Waals surface area contributed by atoms with E-state index in [2.05, 4.69) is 39.0 Å². The molecule has 0 radical (unpaired) electrons. The average Bonchev–Trinajstić information content (AvgIpc) is 3.37. The molecule has 0 N–H and O–H groups in total. The van der Waals surface area contributed by atoms with Crippen LogP contribution in [-0.4, -0.2) is 0 Å². The zero-order valence-corrected chi connectivity index (χ0v) is 25.5. The van der Waals surface area contributed by atoms with E-state index in [-0.39, 0.29) is 0 Å². The summed E-state index contributed by atoms with van der Waals surface area (Å²) in [7, 11) is 0. The number of hydrogen-bond acceptors (Lipinski definition) is 0. The second-order valence-electron chi connectivity index (χ2n) is 10.4. The fourth-order valence-corrected chi connectivity index (χ4v) is 17.4. The Bertz CT molecular complexity index is 429. The van der Waals surface area contributed by atoms with E-state index in [1.165, 1.54) is 141 Å². The molecule has 0 spiro atoms. The second kappa shape index (κ2) is 22.6. The third-order valence-electron chi connectivity index (χ3n) is 7.19. The molecule has 1 aliphatic rings. The summed E-state index contributed by atoms with van der Waals surface area (Å²) in [6, 6.07) is 0. The third-order valence-corrected chi connectivity index (χ3v) is 20.1. The van der Waals surface area contributed by atoms with Gasteiger partial charge in [-0.05, 0) is 0 Å². The number of rotatable bonds is 25. The Morgan fingerprint density at radius 3 is 1.12 bits per heavy atom. The molecule has 0 aromatic heterocycles. The van der Waals surface area contributed by atoms with Gasteiger partial charge in [0.25, 0.3) is 0 Å². The van der Waals surface area contributed by atoms with Gasteiger partial charge in [-0.3, -0.25) is 0 Å². The Kier molecular flexibility index (Phi) is 21.4. The van der Waals surface area contributed by atoms with Gasteiger partial charge in [0.1, 0.15) is 0 Å².